The molecule has 2 heterocycles. The Labute approximate surface area is 233 Å². The molecule has 0 bridgehead atoms. The lowest BCUT2D eigenvalue weighted by Crippen LogP contribution is -2.65. The summed E-state index contributed by atoms with van der Waals surface area (Å²) in [6.07, 6.45) is 0.632. The monoisotopic (exact) mass is 572 g/mol. The number of anilines is 1. The first kappa shape index (κ1) is 29.5. The minimum absolute atomic E-state index is 0.00662. The maximum absolute atomic E-state index is 13.6. The number of hydrogen-bond acceptors (Lipinski definition) is 8. The molecule has 2 unspecified atom stereocenters. The highest BCUT2D eigenvalue weighted by molar-refractivity contribution is 7.89. The molecule has 12 nitrogen and oxygen atoms in total. The molecule has 1 amide bonds. The molecule has 0 aliphatic carbocycles. The van der Waals surface area contributed by atoms with Gasteiger partial charge in [0.15, 0.2) is 0 Å². The summed E-state index contributed by atoms with van der Waals surface area (Å²) in [5, 5.41) is 16.0. The number of carboxylic acids is 1. The van der Waals surface area contributed by atoms with Crippen molar-refractivity contribution in [3.8, 4) is 0 Å². The van der Waals surface area contributed by atoms with Gasteiger partial charge in [-0.05, 0) is 69.7 Å². The predicted molar refractivity (Wildman–Crippen MR) is 150 cm³/mol. The lowest BCUT2D eigenvalue weighted by Gasteiger charge is -2.32. The maximum atomic E-state index is 13.6. The third kappa shape index (κ3) is 6.97. The quantitative estimate of drug-likeness (QED) is 0.133. The molecule has 40 heavy (non-hydrogen) atoms. The van der Waals surface area contributed by atoms with Crippen molar-refractivity contribution >= 4 is 38.9 Å². The number of hydrogen-bond donors (Lipinski definition) is 6. The summed E-state index contributed by atoms with van der Waals surface area (Å²) < 4.78 is 29.6. The number of aromatic amines is 1. The number of nitrogens with zero attached hydrogens (tertiary/aromatic N) is 1. The van der Waals surface area contributed by atoms with Gasteiger partial charge in [0.25, 0.3) is 0 Å². The largest absolute Gasteiger partial charge is 0.478 e. The number of nitrogens with one attached hydrogen (secondary N) is 5. The van der Waals surface area contributed by atoms with Crippen molar-refractivity contribution in [3.63, 3.8) is 0 Å². The number of fused-ring (bicyclic) bond motifs is 1. The van der Waals surface area contributed by atoms with Crippen LogP contribution in [0, 0.1) is 20.8 Å². The molecule has 1 aliphatic rings. The fourth-order valence-corrected chi connectivity index (χ4v) is 6.83. The number of H-pyrrole nitrogens is 1. The van der Waals surface area contributed by atoms with E-state index in [1.54, 1.807) is 26.0 Å². The van der Waals surface area contributed by atoms with E-state index in [1.165, 1.54) is 0 Å². The van der Waals surface area contributed by atoms with Crippen molar-refractivity contribution in [2.75, 3.05) is 18.4 Å². The van der Waals surface area contributed by atoms with Gasteiger partial charge in [0.2, 0.25) is 27.5 Å². The SMILES string of the molecule is Cc1cc(C)c(S(=O)(=O)NC(CCCCNc2nc3ccccc3[nH]2)(NC(=O)CC2CCNO2)C(=O)O)c(C)c1. The fraction of sp³-hybridized carbons (Fsp3) is 0.444. The van der Waals surface area contributed by atoms with E-state index < -0.39 is 33.7 Å². The summed E-state index contributed by atoms with van der Waals surface area (Å²) in [6.45, 7) is 6.19. The van der Waals surface area contributed by atoms with E-state index in [1.807, 2.05) is 31.2 Å². The molecule has 0 spiro atoms. The van der Waals surface area contributed by atoms with E-state index in [4.69, 9.17) is 4.84 Å². The van der Waals surface area contributed by atoms with Crippen LogP contribution in [0.15, 0.2) is 41.3 Å². The number of sulfonamides is 1. The zero-order valence-electron chi connectivity index (χ0n) is 22.8. The number of hydroxylamine groups is 1. The molecule has 2 atom stereocenters. The molecule has 6 N–H and O–H groups in total. The maximum Gasteiger partial charge on any atom is 0.345 e. The predicted octanol–water partition coefficient (Wildman–Crippen LogP) is 2.63. The molecular formula is C27H36N6O6S. The zero-order valence-corrected chi connectivity index (χ0v) is 23.7. The second kappa shape index (κ2) is 12.3. The normalized spacial score (nSPS) is 17.0. The molecule has 0 saturated carbocycles. The highest BCUT2D eigenvalue weighted by Gasteiger charge is 2.44. The second-order valence-electron chi connectivity index (χ2n) is 10.2. The van der Waals surface area contributed by atoms with Gasteiger partial charge in [0, 0.05) is 13.1 Å². The van der Waals surface area contributed by atoms with E-state index in [-0.39, 0.29) is 24.2 Å². The summed E-state index contributed by atoms with van der Waals surface area (Å²) in [4.78, 5) is 38.5. The Kier molecular flexibility index (Phi) is 9.08. The standard InChI is InChI=1S/C27H36N6O6S/c1-17-14-18(2)24(19(3)15-17)40(37,38)33-27(25(35)36,32-23(34)16-20-10-13-29-39-20)11-6-7-12-28-26-30-21-8-4-5-9-22(21)31-26/h4-5,8-9,14-15,20,29,33H,6-7,10-13,16H2,1-3H3,(H,32,34)(H,35,36)(H2,28,30,31). The van der Waals surface area contributed by atoms with Crippen molar-refractivity contribution in [1.29, 1.82) is 0 Å². The lowest BCUT2D eigenvalue weighted by molar-refractivity contribution is -0.149. The number of amides is 1. The van der Waals surface area contributed by atoms with Gasteiger partial charge in [-0.3, -0.25) is 9.63 Å². The number of carboxylic acid groups (broad SMARTS) is 1. The third-order valence-corrected chi connectivity index (χ3v) is 8.59. The lowest BCUT2D eigenvalue weighted by atomic mass is 10.0. The van der Waals surface area contributed by atoms with Crippen molar-refractivity contribution in [2.24, 2.45) is 0 Å². The molecule has 216 valence electrons. The van der Waals surface area contributed by atoms with E-state index in [2.05, 4.69) is 30.8 Å². The molecule has 1 aromatic heterocycles. The Hall–Kier alpha value is -3.52. The Balaban J connectivity index is 1.50. The third-order valence-electron chi connectivity index (χ3n) is 6.79. The van der Waals surface area contributed by atoms with E-state index in [0.29, 0.717) is 43.0 Å². The van der Waals surface area contributed by atoms with Crippen LogP contribution in [-0.4, -0.2) is 60.2 Å². The molecule has 1 aliphatic heterocycles. The van der Waals surface area contributed by atoms with Gasteiger partial charge in [-0.2, -0.15) is 4.72 Å². The Morgan fingerprint density at radius 1 is 1.15 bits per heavy atom. The number of para-hydroxylation sites is 2. The van der Waals surface area contributed by atoms with Crippen molar-refractivity contribution < 1.29 is 28.0 Å². The number of aliphatic carboxylic acids is 1. The van der Waals surface area contributed by atoms with E-state index in [0.717, 1.165) is 16.6 Å². The van der Waals surface area contributed by atoms with Crippen LogP contribution in [0.3, 0.4) is 0 Å². The summed E-state index contributed by atoms with van der Waals surface area (Å²) in [5.74, 6) is -1.55. The number of aromatic nitrogens is 2. The number of unbranched alkanes of at least 4 members (excludes halogenated alkanes) is 1. The average molecular weight is 573 g/mol. The van der Waals surface area contributed by atoms with Crippen LogP contribution >= 0.6 is 0 Å². The fourth-order valence-electron chi connectivity index (χ4n) is 5.07. The van der Waals surface area contributed by atoms with Gasteiger partial charge >= 0.3 is 5.97 Å². The molecule has 13 heteroatoms. The van der Waals surface area contributed by atoms with Gasteiger partial charge in [0.1, 0.15) is 0 Å². The molecule has 0 radical (unpaired) electrons. The zero-order chi connectivity index (χ0) is 28.9. The van der Waals surface area contributed by atoms with Crippen molar-refractivity contribution in [2.45, 2.75) is 69.5 Å². The molecular weight excluding hydrogens is 536 g/mol. The van der Waals surface area contributed by atoms with Crippen LogP contribution in [-0.2, 0) is 24.4 Å². The number of rotatable bonds is 13. The first-order chi connectivity index (χ1) is 19.0. The van der Waals surface area contributed by atoms with Crippen LogP contribution in [0.1, 0.15) is 48.8 Å². The highest BCUT2D eigenvalue weighted by atomic mass is 32.2. The van der Waals surface area contributed by atoms with Gasteiger partial charge in [-0.15, -0.1) is 0 Å². The Bertz CT molecular complexity index is 1430. The summed E-state index contributed by atoms with van der Waals surface area (Å²) in [6, 6.07) is 11.0. The van der Waals surface area contributed by atoms with Crippen LogP contribution in [0.5, 0.6) is 0 Å². The second-order valence-corrected chi connectivity index (χ2v) is 11.8. The number of imidazole rings is 1. The molecule has 3 aromatic rings. The number of benzene rings is 2. The molecule has 1 fully saturated rings. The first-order valence-electron chi connectivity index (χ1n) is 13.2. The highest BCUT2D eigenvalue weighted by Crippen LogP contribution is 2.25. The van der Waals surface area contributed by atoms with Gasteiger partial charge < -0.3 is 20.7 Å². The van der Waals surface area contributed by atoms with Crippen molar-refractivity contribution in [1.82, 2.24) is 25.5 Å². The topological polar surface area (TPSA) is 175 Å². The first-order valence-corrected chi connectivity index (χ1v) is 14.7. The summed E-state index contributed by atoms with van der Waals surface area (Å²) in [7, 11) is -4.33. The average Bonchev–Trinajstić information content (AvgIpc) is 3.51. The van der Waals surface area contributed by atoms with Gasteiger partial charge in [-0.25, -0.2) is 23.7 Å². The summed E-state index contributed by atoms with van der Waals surface area (Å²) in [5.41, 5.74) is 3.98. The molecule has 1 saturated heterocycles. The van der Waals surface area contributed by atoms with Crippen LogP contribution < -0.4 is 20.8 Å². The minimum atomic E-state index is -4.33. The molecule has 4 rings (SSSR count). The summed E-state index contributed by atoms with van der Waals surface area (Å²) >= 11 is 0. The van der Waals surface area contributed by atoms with E-state index >= 15 is 0 Å². The van der Waals surface area contributed by atoms with Crippen LogP contribution in [0.2, 0.25) is 0 Å². The van der Waals surface area contributed by atoms with Gasteiger partial charge in [-0.1, -0.05) is 29.8 Å². The van der Waals surface area contributed by atoms with Crippen LogP contribution in [0.25, 0.3) is 11.0 Å². The molecule has 2 aromatic carbocycles. The van der Waals surface area contributed by atoms with Crippen LogP contribution in [0.4, 0.5) is 5.95 Å². The van der Waals surface area contributed by atoms with Crippen molar-refractivity contribution in [3.05, 3.63) is 53.1 Å². The number of carbonyl (C=O) groups excluding carboxylic acids is 1. The Morgan fingerprint density at radius 3 is 2.52 bits per heavy atom. The number of carbonyl (C=O) groups is 2. The number of aryl methyl sites for hydroxylation is 3. The van der Waals surface area contributed by atoms with E-state index in [9.17, 15) is 23.1 Å². The smallest absolute Gasteiger partial charge is 0.345 e. The van der Waals surface area contributed by atoms with Gasteiger partial charge in [0.05, 0.1) is 28.5 Å². The Morgan fingerprint density at radius 2 is 1.88 bits per heavy atom. The minimum Gasteiger partial charge on any atom is -0.478 e.